The highest BCUT2D eigenvalue weighted by Gasteiger charge is 2.13. The van der Waals surface area contributed by atoms with E-state index in [9.17, 15) is 9.18 Å². The first kappa shape index (κ1) is 12.6. The predicted molar refractivity (Wildman–Crippen MR) is 61.6 cm³/mol. The summed E-state index contributed by atoms with van der Waals surface area (Å²) < 4.78 is 13.0. The summed E-state index contributed by atoms with van der Waals surface area (Å²) in [4.78, 5) is 13.6. The molecule has 2 N–H and O–H groups in total. The fourth-order valence-electron chi connectivity index (χ4n) is 1.49. The van der Waals surface area contributed by atoms with Crippen LogP contribution >= 0.6 is 0 Å². The van der Waals surface area contributed by atoms with E-state index in [1.807, 2.05) is 6.92 Å². The Balaban J connectivity index is 2.74. The molecule has 0 saturated heterocycles. The van der Waals surface area contributed by atoms with Gasteiger partial charge in [0.2, 0.25) is 0 Å². The van der Waals surface area contributed by atoms with Gasteiger partial charge in [-0.15, -0.1) is 0 Å². The Hall–Kier alpha value is -1.42. The van der Waals surface area contributed by atoms with Crippen LogP contribution in [0, 0.1) is 5.82 Å². The van der Waals surface area contributed by atoms with Crippen molar-refractivity contribution in [2.45, 2.75) is 13.3 Å². The van der Waals surface area contributed by atoms with Crippen LogP contribution in [-0.2, 0) is 0 Å². The van der Waals surface area contributed by atoms with Crippen molar-refractivity contribution in [2.24, 2.45) is 5.73 Å². The zero-order valence-electron chi connectivity index (χ0n) is 9.45. The van der Waals surface area contributed by atoms with Gasteiger partial charge in [0.15, 0.2) is 0 Å². The molecular weight excluding hydrogens is 207 g/mol. The van der Waals surface area contributed by atoms with Gasteiger partial charge in [0.25, 0.3) is 5.91 Å². The molecule has 1 rings (SSSR count). The number of nitrogens with zero attached hydrogens (tertiary/aromatic N) is 1. The number of hydrogen-bond donors (Lipinski definition) is 1. The second-order valence-corrected chi connectivity index (χ2v) is 3.54. The molecule has 0 aliphatic rings. The molecule has 0 aliphatic heterocycles. The van der Waals surface area contributed by atoms with E-state index < -0.39 is 0 Å². The first-order valence-corrected chi connectivity index (χ1v) is 5.44. The number of carbonyl (C=O) groups excluding carboxylic acids is 1. The molecule has 0 bridgehead atoms. The van der Waals surface area contributed by atoms with Crippen LogP contribution in [-0.4, -0.2) is 30.4 Å². The molecule has 0 unspecified atom stereocenters. The van der Waals surface area contributed by atoms with Crippen LogP contribution in [0.15, 0.2) is 24.3 Å². The Morgan fingerprint density at radius 1 is 1.50 bits per heavy atom. The van der Waals surface area contributed by atoms with Crippen LogP contribution in [0.2, 0.25) is 0 Å². The third kappa shape index (κ3) is 3.31. The summed E-state index contributed by atoms with van der Waals surface area (Å²) in [7, 11) is 0. The first-order valence-electron chi connectivity index (χ1n) is 5.44. The molecule has 16 heavy (non-hydrogen) atoms. The molecule has 1 aromatic rings. The third-order valence-corrected chi connectivity index (χ3v) is 2.37. The van der Waals surface area contributed by atoms with Gasteiger partial charge in [-0.1, -0.05) is 6.07 Å². The predicted octanol–water partition coefficient (Wildman–Crippen LogP) is 1.64. The zero-order chi connectivity index (χ0) is 12.0. The van der Waals surface area contributed by atoms with E-state index >= 15 is 0 Å². The number of carbonyl (C=O) groups is 1. The summed E-state index contributed by atoms with van der Waals surface area (Å²) in [5.41, 5.74) is 5.78. The van der Waals surface area contributed by atoms with Gasteiger partial charge in [-0.3, -0.25) is 4.79 Å². The fraction of sp³-hybridized carbons (Fsp3) is 0.417. The maximum Gasteiger partial charge on any atom is 0.253 e. The smallest absolute Gasteiger partial charge is 0.253 e. The number of hydrogen-bond acceptors (Lipinski definition) is 2. The maximum absolute atomic E-state index is 13.0. The molecule has 4 heteroatoms. The van der Waals surface area contributed by atoms with Crippen LogP contribution in [0.5, 0.6) is 0 Å². The Labute approximate surface area is 95.0 Å². The van der Waals surface area contributed by atoms with Crippen LogP contribution in [0.3, 0.4) is 0 Å². The van der Waals surface area contributed by atoms with E-state index in [0.29, 0.717) is 25.2 Å². The molecule has 0 aromatic heterocycles. The van der Waals surface area contributed by atoms with E-state index in [4.69, 9.17) is 5.73 Å². The number of rotatable bonds is 5. The highest BCUT2D eigenvalue weighted by atomic mass is 19.1. The number of nitrogens with two attached hydrogens (primary N) is 1. The molecule has 0 radical (unpaired) electrons. The normalized spacial score (nSPS) is 10.2. The molecular formula is C12H17FN2O. The van der Waals surface area contributed by atoms with Crippen molar-refractivity contribution in [1.29, 1.82) is 0 Å². The first-order chi connectivity index (χ1) is 7.69. The van der Waals surface area contributed by atoms with Gasteiger partial charge in [-0.2, -0.15) is 0 Å². The number of halogens is 1. The molecule has 0 heterocycles. The molecule has 0 atom stereocenters. The van der Waals surface area contributed by atoms with Gasteiger partial charge in [0, 0.05) is 18.7 Å². The maximum atomic E-state index is 13.0. The minimum absolute atomic E-state index is 0.143. The molecule has 3 nitrogen and oxygen atoms in total. The van der Waals surface area contributed by atoms with E-state index in [0.717, 1.165) is 6.42 Å². The van der Waals surface area contributed by atoms with Gasteiger partial charge in [-0.05, 0) is 38.1 Å². The lowest BCUT2D eigenvalue weighted by Gasteiger charge is -2.20. The molecule has 88 valence electrons. The SMILES string of the molecule is CCN(CCCN)C(=O)c1cccc(F)c1. The van der Waals surface area contributed by atoms with Gasteiger partial charge in [-0.25, -0.2) is 4.39 Å². The molecule has 0 aliphatic carbocycles. The Morgan fingerprint density at radius 2 is 2.25 bits per heavy atom. The molecule has 1 amide bonds. The van der Waals surface area contributed by atoms with Crippen LogP contribution < -0.4 is 5.73 Å². The average molecular weight is 224 g/mol. The van der Waals surface area contributed by atoms with Crippen molar-refractivity contribution >= 4 is 5.91 Å². The quantitative estimate of drug-likeness (QED) is 0.826. The molecule has 0 fully saturated rings. The van der Waals surface area contributed by atoms with E-state index in [1.165, 1.54) is 12.1 Å². The summed E-state index contributed by atoms with van der Waals surface area (Å²) in [5.74, 6) is -0.531. The van der Waals surface area contributed by atoms with Crippen molar-refractivity contribution in [3.05, 3.63) is 35.6 Å². The molecule has 0 saturated carbocycles. The fourth-order valence-corrected chi connectivity index (χ4v) is 1.49. The van der Waals surface area contributed by atoms with Crippen molar-refractivity contribution in [2.75, 3.05) is 19.6 Å². The summed E-state index contributed by atoms with van der Waals surface area (Å²) in [6.07, 6.45) is 0.759. The lowest BCUT2D eigenvalue weighted by molar-refractivity contribution is 0.0763. The lowest BCUT2D eigenvalue weighted by atomic mass is 10.2. The standard InChI is InChI=1S/C12H17FN2O/c1-2-15(8-4-7-14)12(16)10-5-3-6-11(13)9-10/h3,5-6,9H,2,4,7-8,14H2,1H3. The molecule has 1 aromatic carbocycles. The number of amides is 1. The van der Waals surface area contributed by atoms with Crippen molar-refractivity contribution < 1.29 is 9.18 Å². The zero-order valence-corrected chi connectivity index (χ0v) is 9.45. The highest BCUT2D eigenvalue weighted by Crippen LogP contribution is 2.07. The van der Waals surface area contributed by atoms with Gasteiger partial charge >= 0.3 is 0 Å². The Kier molecular flexibility index (Phi) is 4.92. The third-order valence-electron chi connectivity index (χ3n) is 2.37. The van der Waals surface area contributed by atoms with Crippen molar-refractivity contribution in [3.63, 3.8) is 0 Å². The van der Waals surface area contributed by atoms with Crippen molar-refractivity contribution in [3.8, 4) is 0 Å². The second kappa shape index (κ2) is 6.23. The summed E-state index contributed by atoms with van der Waals surface area (Å²) in [5, 5.41) is 0. The largest absolute Gasteiger partial charge is 0.339 e. The van der Waals surface area contributed by atoms with Crippen LogP contribution in [0.25, 0.3) is 0 Å². The summed E-state index contributed by atoms with van der Waals surface area (Å²) in [6, 6.07) is 5.75. The van der Waals surface area contributed by atoms with Gasteiger partial charge in [0.1, 0.15) is 5.82 Å². The average Bonchev–Trinajstić information content (AvgIpc) is 2.29. The minimum Gasteiger partial charge on any atom is -0.339 e. The highest BCUT2D eigenvalue weighted by molar-refractivity contribution is 5.94. The van der Waals surface area contributed by atoms with E-state index in [2.05, 4.69) is 0 Å². The van der Waals surface area contributed by atoms with Gasteiger partial charge < -0.3 is 10.6 Å². The summed E-state index contributed by atoms with van der Waals surface area (Å²) in [6.45, 7) is 3.67. The van der Waals surface area contributed by atoms with Crippen molar-refractivity contribution in [1.82, 2.24) is 4.90 Å². The topological polar surface area (TPSA) is 46.3 Å². The number of benzene rings is 1. The van der Waals surface area contributed by atoms with Crippen LogP contribution in [0.1, 0.15) is 23.7 Å². The van der Waals surface area contributed by atoms with Crippen LogP contribution in [0.4, 0.5) is 4.39 Å². The Morgan fingerprint density at radius 3 is 2.81 bits per heavy atom. The minimum atomic E-state index is -0.388. The Bertz CT molecular complexity index is 355. The molecule has 0 spiro atoms. The monoisotopic (exact) mass is 224 g/mol. The lowest BCUT2D eigenvalue weighted by Crippen LogP contribution is -2.32. The second-order valence-electron chi connectivity index (χ2n) is 3.54. The van der Waals surface area contributed by atoms with Gasteiger partial charge in [0.05, 0.1) is 0 Å². The summed E-state index contributed by atoms with van der Waals surface area (Å²) >= 11 is 0. The van der Waals surface area contributed by atoms with E-state index in [-0.39, 0.29) is 11.7 Å². The van der Waals surface area contributed by atoms with E-state index in [1.54, 1.807) is 17.0 Å².